The number of carbonyl (C=O) groups excluding carboxylic acids is 1. The molecule has 0 radical (unpaired) electrons. The predicted molar refractivity (Wildman–Crippen MR) is 56.2 cm³/mol. The Morgan fingerprint density at radius 1 is 1.50 bits per heavy atom. The van der Waals surface area contributed by atoms with Crippen molar-refractivity contribution in [3.63, 3.8) is 0 Å². The van der Waals surface area contributed by atoms with E-state index in [-0.39, 0.29) is 0 Å². The molecule has 0 heterocycles. The molecule has 0 rings (SSSR count). The summed E-state index contributed by atoms with van der Waals surface area (Å²) in [5, 5.41) is 0. The number of hydrogen-bond acceptors (Lipinski definition) is 1. The Bertz CT molecular complexity index is 236. The quantitative estimate of drug-likeness (QED) is 0.534. The van der Waals surface area contributed by atoms with E-state index in [0.717, 1.165) is 16.3 Å². The summed E-state index contributed by atoms with van der Waals surface area (Å²) in [4.78, 5) is 10.7. The van der Waals surface area contributed by atoms with Crippen molar-refractivity contribution < 1.29 is 4.79 Å². The molecule has 0 aliphatic carbocycles. The number of allylic oxidation sites excluding steroid dienone is 4. The molecular weight excluding hydrogens is 216 g/mol. The monoisotopic (exact) mass is 228 g/mol. The maximum atomic E-state index is 10.7. The van der Waals surface area contributed by atoms with E-state index in [0.29, 0.717) is 0 Å². The van der Waals surface area contributed by atoms with Crippen molar-refractivity contribution in [3.8, 4) is 0 Å². The molecule has 12 heavy (non-hydrogen) atoms. The molecule has 0 aromatic rings. The lowest BCUT2D eigenvalue weighted by Crippen LogP contribution is -2.14. The molecule has 1 nitrogen and oxygen atoms in total. The molecule has 66 valence electrons. The van der Waals surface area contributed by atoms with Gasteiger partial charge in [-0.3, -0.25) is 0 Å². The summed E-state index contributed by atoms with van der Waals surface area (Å²) in [6.07, 6.45) is 4.36. The van der Waals surface area contributed by atoms with Crippen molar-refractivity contribution in [1.29, 1.82) is 0 Å². The van der Waals surface area contributed by atoms with E-state index in [4.69, 9.17) is 0 Å². The van der Waals surface area contributed by atoms with Gasteiger partial charge in [-0.15, -0.1) is 0 Å². The van der Waals surface area contributed by atoms with Crippen LogP contribution in [0.25, 0.3) is 0 Å². The summed E-state index contributed by atoms with van der Waals surface area (Å²) in [5.74, 6) is 0. The maximum absolute atomic E-state index is 10.7. The van der Waals surface area contributed by atoms with Crippen LogP contribution in [-0.2, 0) is 4.79 Å². The summed E-state index contributed by atoms with van der Waals surface area (Å²) >= 11 is 3.20. The largest absolute Gasteiger partial charge is 0.302 e. The molecule has 0 aromatic carbocycles. The van der Waals surface area contributed by atoms with Crippen LogP contribution in [0.15, 0.2) is 35.4 Å². The molecule has 0 aromatic heterocycles. The molecule has 0 unspecified atom stereocenters. The van der Waals surface area contributed by atoms with Gasteiger partial charge in [0.15, 0.2) is 0 Å². The standard InChI is InChI=1S/C10H13BrO/c1-5-9(6-8(2)11)10(3,4)7-12/h5-7H,1-2H2,3-4H3/b9-6+. The Kier molecular flexibility index (Phi) is 4.18. The van der Waals surface area contributed by atoms with Crippen LogP contribution in [0, 0.1) is 5.41 Å². The highest BCUT2D eigenvalue weighted by atomic mass is 79.9. The SMILES string of the molecule is C=C/C(=C\C(=C)Br)C(C)(C)C=O. The smallest absolute Gasteiger partial charge is 0.129 e. The van der Waals surface area contributed by atoms with E-state index in [1.54, 1.807) is 12.2 Å². The molecule has 0 saturated carbocycles. The topological polar surface area (TPSA) is 17.1 Å². The number of aldehydes is 1. The highest BCUT2D eigenvalue weighted by molar-refractivity contribution is 9.11. The van der Waals surface area contributed by atoms with E-state index in [2.05, 4.69) is 29.1 Å². The third-order valence-electron chi connectivity index (χ3n) is 1.57. The van der Waals surface area contributed by atoms with E-state index in [9.17, 15) is 4.79 Å². The Hall–Kier alpha value is -0.630. The van der Waals surface area contributed by atoms with Gasteiger partial charge < -0.3 is 4.79 Å². The number of halogens is 1. The lowest BCUT2D eigenvalue weighted by Gasteiger charge is -2.18. The van der Waals surface area contributed by atoms with E-state index in [1.165, 1.54) is 0 Å². The number of rotatable bonds is 4. The fraction of sp³-hybridized carbons (Fsp3) is 0.300. The fourth-order valence-electron chi connectivity index (χ4n) is 0.745. The van der Waals surface area contributed by atoms with E-state index >= 15 is 0 Å². The summed E-state index contributed by atoms with van der Waals surface area (Å²) in [6.45, 7) is 11.0. The number of hydrogen-bond donors (Lipinski definition) is 0. The van der Waals surface area contributed by atoms with E-state index in [1.807, 2.05) is 13.8 Å². The van der Waals surface area contributed by atoms with E-state index < -0.39 is 5.41 Å². The summed E-state index contributed by atoms with van der Waals surface area (Å²) in [5.41, 5.74) is 0.373. The first-order chi connectivity index (χ1) is 5.44. The number of carbonyl (C=O) groups is 1. The molecule has 0 N–H and O–H groups in total. The van der Waals surface area contributed by atoms with Crippen molar-refractivity contribution in [2.75, 3.05) is 0 Å². The summed E-state index contributed by atoms with van der Waals surface area (Å²) < 4.78 is 0.743. The van der Waals surface area contributed by atoms with Gasteiger partial charge in [-0.05, 0) is 25.5 Å². The Morgan fingerprint density at radius 3 is 2.25 bits per heavy atom. The van der Waals surface area contributed by atoms with Crippen LogP contribution in [0.5, 0.6) is 0 Å². The van der Waals surface area contributed by atoms with Crippen molar-refractivity contribution >= 4 is 22.2 Å². The predicted octanol–water partition coefficient (Wildman–Crippen LogP) is 3.23. The minimum atomic E-state index is -0.488. The zero-order valence-electron chi connectivity index (χ0n) is 7.43. The first kappa shape index (κ1) is 11.4. The summed E-state index contributed by atoms with van der Waals surface area (Å²) in [6, 6.07) is 0. The van der Waals surface area contributed by atoms with Crippen LogP contribution < -0.4 is 0 Å². The van der Waals surface area contributed by atoms with Crippen molar-refractivity contribution in [3.05, 3.63) is 35.4 Å². The summed E-state index contributed by atoms with van der Waals surface area (Å²) in [7, 11) is 0. The molecule has 0 bridgehead atoms. The second kappa shape index (κ2) is 4.41. The zero-order valence-corrected chi connectivity index (χ0v) is 9.02. The van der Waals surface area contributed by atoms with Gasteiger partial charge in [-0.1, -0.05) is 35.2 Å². The van der Waals surface area contributed by atoms with Gasteiger partial charge in [0.2, 0.25) is 0 Å². The highest BCUT2D eigenvalue weighted by Gasteiger charge is 2.19. The fourth-order valence-corrected chi connectivity index (χ4v) is 0.991. The Labute approximate surface area is 82.0 Å². The molecule has 0 amide bonds. The van der Waals surface area contributed by atoms with Gasteiger partial charge in [0.05, 0.1) is 0 Å². The van der Waals surface area contributed by atoms with Crippen molar-refractivity contribution in [2.45, 2.75) is 13.8 Å². The second-order valence-corrected chi connectivity index (χ2v) is 4.11. The zero-order chi connectivity index (χ0) is 9.78. The Morgan fingerprint density at radius 2 is 2.00 bits per heavy atom. The molecule has 0 aliphatic heterocycles. The second-order valence-electron chi connectivity index (χ2n) is 3.09. The molecule has 0 fully saturated rings. The molecule has 0 atom stereocenters. The molecule has 0 spiro atoms. The Balaban J connectivity index is 4.90. The molecule has 0 saturated heterocycles. The van der Waals surface area contributed by atoms with Gasteiger partial charge in [0.25, 0.3) is 0 Å². The average Bonchev–Trinajstić information content (AvgIpc) is 1.99. The van der Waals surface area contributed by atoms with Gasteiger partial charge in [0, 0.05) is 9.90 Å². The molecule has 0 aliphatic rings. The van der Waals surface area contributed by atoms with Crippen LogP contribution in [0.4, 0.5) is 0 Å². The average molecular weight is 229 g/mol. The van der Waals surface area contributed by atoms with Gasteiger partial charge >= 0.3 is 0 Å². The van der Waals surface area contributed by atoms with Gasteiger partial charge in [-0.25, -0.2) is 0 Å². The lowest BCUT2D eigenvalue weighted by atomic mass is 9.85. The minimum absolute atomic E-state index is 0.488. The third-order valence-corrected chi connectivity index (χ3v) is 1.80. The maximum Gasteiger partial charge on any atom is 0.129 e. The van der Waals surface area contributed by atoms with Crippen molar-refractivity contribution in [2.24, 2.45) is 5.41 Å². The highest BCUT2D eigenvalue weighted by Crippen LogP contribution is 2.26. The first-order valence-electron chi connectivity index (χ1n) is 3.59. The third kappa shape index (κ3) is 3.18. The first-order valence-corrected chi connectivity index (χ1v) is 4.38. The van der Waals surface area contributed by atoms with Crippen LogP contribution in [0.2, 0.25) is 0 Å². The van der Waals surface area contributed by atoms with Gasteiger partial charge in [-0.2, -0.15) is 0 Å². The van der Waals surface area contributed by atoms with Crippen molar-refractivity contribution in [1.82, 2.24) is 0 Å². The molecule has 2 heteroatoms. The van der Waals surface area contributed by atoms with Gasteiger partial charge in [0.1, 0.15) is 6.29 Å². The van der Waals surface area contributed by atoms with Crippen LogP contribution in [-0.4, -0.2) is 6.29 Å². The van der Waals surface area contributed by atoms with Crippen LogP contribution in [0.1, 0.15) is 13.8 Å². The van der Waals surface area contributed by atoms with Crippen LogP contribution in [0.3, 0.4) is 0 Å². The minimum Gasteiger partial charge on any atom is -0.302 e. The molecular formula is C10H13BrO. The van der Waals surface area contributed by atoms with Crippen LogP contribution >= 0.6 is 15.9 Å². The lowest BCUT2D eigenvalue weighted by molar-refractivity contribution is -0.113. The normalized spacial score (nSPS) is 12.4.